The predicted molar refractivity (Wildman–Crippen MR) is 67.3 cm³/mol. The van der Waals surface area contributed by atoms with Crippen LogP contribution in [0.2, 0.25) is 0 Å². The summed E-state index contributed by atoms with van der Waals surface area (Å²) in [5.74, 6) is -1.20. The molecule has 0 unspecified atom stereocenters. The minimum Gasteiger partial charge on any atom is -0.481 e. The summed E-state index contributed by atoms with van der Waals surface area (Å²) in [6.45, 7) is 4.04. The molecule has 1 fully saturated rings. The first-order chi connectivity index (χ1) is 8.42. The van der Waals surface area contributed by atoms with Gasteiger partial charge in [-0.1, -0.05) is 12.8 Å². The lowest BCUT2D eigenvalue weighted by Crippen LogP contribution is -2.35. The van der Waals surface area contributed by atoms with Gasteiger partial charge in [-0.3, -0.25) is 9.59 Å². The second-order valence-corrected chi connectivity index (χ2v) is 5.49. The number of ether oxygens (including phenoxy) is 1. The average molecular weight is 257 g/mol. The molecule has 0 bridgehead atoms. The summed E-state index contributed by atoms with van der Waals surface area (Å²) in [4.78, 5) is 22.4. The number of carbonyl (C=O) groups is 2. The molecule has 0 heterocycles. The predicted octanol–water partition coefficient (Wildman–Crippen LogP) is 1.56. The van der Waals surface area contributed by atoms with E-state index in [0.29, 0.717) is 19.3 Å². The number of carbonyl (C=O) groups excluding carboxylic acids is 1. The van der Waals surface area contributed by atoms with Crippen molar-refractivity contribution in [1.82, 2.24) is 5.32 Å². The molecular formula is C13H23NO4. The Labute approximate surface area is 108 Å². The molecule has 1 aliphatic rings. The van der Waals surface area contributed by atoms with E-state index in [-0.39, 0.29) is 12.3 Å². The molecule has 2 N–H and O–H groups in total. The fourth-order valence-corrected chi connectivity index (χ4v) is 2.01. The van der Waals surface area contributed by atoms with E-state index in [2.05, 4.69) is 5.32 Å². The zero-order valence-corrected chi connectivity index (χ0v) is 11.2. The molecule has 0 radical (unpaired) electrons. The van der Waals surface area contributed by atoms with Gasteiger partial charge in [0.15, 0.2) is 0 Å². The first-order valence-corrected chi connectivity index (χ1v) is 6.53. The van der Waals surface area contributed by atoms with Gasteiger partial charge in [0, 0.05) is 13.0 Å². The van der Waals surface area contributed by atoms with Crippen LogP contribution in [0.15, 0.2) is 0 Å². The number of amides is 1. The highest BCUT2D eigenvalue weighted by molar-refractivity contribution is 5.84. The number of carboxylic acid groups (broad SMARTS) is 1. The Bertz CT molecular complexity index is 295. The molecular weight excluding hydrogens is 234 g/mol. The van der Waals surface area contributed by atoms with Gasteiger partial charge >= 0.3 is 5.97 Å². The van der Waals surface area contributed by atoms with Crippen molar-refractivity contribution < 1.29 is 19.4 Å². The van der Waals surface area contributed by atoms with Crippen LogP contribution in [-0.4, -0.2) is 36.2 Å². The SMILES string of the molecule is CC(C)(CC(=O)NCCOC1CCCC1)C(=O)O. The van der Waals surface area contributed by atoms with Crippen LogP contribution in [0.5, 0.6) is 0 Å². The molecule has 0 spiro atoms. The normalized spacial score (nSPS) is 16.8. The monoisotopic (exact) mass is 257 g/mol. The Morgan fingerprint density at radius 3 is 2.50 bits per heavy atom. The number of aliphatic carboxylic acids is 1. The number of hydrogen-bond donors (Lipinski definition) is 2. The van der Waals surface area contributed by atoms with Crippen LogP contribution in [0.3, 0.4) is 0 Å². The molecule has 5 heteroatoms. The highest BCUT2D eigenvalue weighted by atomic mass is 16.5. The van der Waals surface area contributed by atoms with Gasteiger partial charge < -0.3 is 15.2 Å². The van der Waals surface area contributed by atoms with E-state index in [1.165, 1.54) is 12.8 Å². The van der Waals surface area contributed by atoms with Crippen LogP contribution in [-0.2, 0) is 14.3 Å². The Morgan fingerprint density at radius 1 is 1.33 bits per heavy atom. The maximum Gasteiger partial charge on any atom is 0.309 e. The fourth-order valence-electron chi connectivity index (χ4n) is 2.01. The number of hydrogen-bond acceptors (Lipinski definition) is 3. The van der Waals surface area contributed by atoms with Gasteiger partial charge in [0.25, 0.3) is 0 Å². The van der Waals surface area contributed by atoms with E-state index in [0.717, 1.165) is 12.8 Å². The molecule has 1 rings (SSSR count). The van der Waals surface area contributed by atoms with Crippen LogP contribution in [0.1, 0.15) is 46.0 Å². The molecule has 0 aromatic heterocycles. The topological polar surface area (TPSA) is 75.6 Å². The molecule has 0 aromatic carbocycles. The summed E-state index contributed by atoms with van der Waals surface area (Å²) in [5.41, 5.74) is -1.02. The summed E-state index contributed by atoms with van der Waals surface area (Å²) < 4.78 is 5.60. The zero-order chi connectivity index (χ0) is 13.6. The molecule has 5 nitrogen and oxygen atoms in total. The van der Waals surface area contributed by atoms with Crippen LogP contribution < -0.4 is 5.32 Å². The molecule has 0 aliphatic heterocycles. The van der Waals surface area contributed by atoms with Gasteiger partial charge in [-0.25, -0.2) is 0 Å². The van der Waals surface area contributed by atoms with Gasteiger partial charge in [0.2, 0.25) is 5.91 Å². The van der Waals surface area contributed by atoms with E-state index in [4.69, 9.17) is 9.84 Å². The zero-order valence-electron chi connectivity index (χ0n) is 11.2. The average Bonchev–Trinajstić information content (AvgIpc) is 2.76. The van der Waals surface area contributed by atoms with E-state index in [1.54, 1.807) is 13.8 Å². The van der Waals surface area contributed by atoms with Crippen molar-refractivity contribution in [2.24, 2.45) is 5.41 Å². The van der Waals surface area contributed by atoms with E-state index < -0.39 is 11.4 Å². The maximum atomic E-state index is 11.5. The molecule has 0 atom stereocenters. The largest absolute Gasteiger partial charge is 0.481 e. The van der Waals surface area contributed by atoms with Gasteiger partial charge in [-0.2, -0.15) is 0 Å². The van der Waals surface area contributed by atoms with Gasteiger partial charge in [-0.15, -0.1) is 0 Å². The molecule has 1 saturated carbocycles. The minimum atomic E-state index is -1.02. The van der Waals surface area contributed by atoms with Gasteiger partial charge in [0.1, 0.15) is 0 Å². The summed E-state index contributed by atoms with van der Waals surface area (Å²) >= 11 is 0. The van der Waals surface area contributed by atoms with Crippen molar-refractivity contribution in [2.75, 3.05) is 13.2 Å². The minimum absolute atomic E-state index is 0.00817. The van der Waals surface area contributed by atoms with E-state index in [1.807, 2.05) is 0 Å². The highest BCUT2D eigenvalue weighted by Crippen LogP contribution is 2.21. The quantitative estimate of drug-likeness (QED) is 0.679. The Balaban J connectivity index is 2.11. The first kappa shape index (κ1) is 15.0. The standard InChI is InChI=1S/C13H23NO4/c1-13(2,12(16)17)9-11(15)14-7-8-18-10-5-3-4-6-10/h10H,3-9H2,1-2H3,(H,14,15)(H,16,17). The van der Waals surface area contributed by atoms with Crippen molar-refractivity contribution in [3.8, 4) is 0 Å². The third kappa shape index (κ3) is 5.04. The second kappa shape index (κ2) is 6.73. The third-order valence-electron chi connectivity index (χ3n) is 3.26. The summed E-state index contributed by atoms with van der Waals surface area (Å²) in [7, 11) is 0. The fraction of sp³-hybridized carbons (Fsp3) is 0.846. The summed E-state index contributed by atoms with van der Waals surface area (Å²) in [6.07, 6.45) is 5.01. The molecule has 1 aliphatic carbocycles. The lowest BCUT2D eigenvalue weighted by Gasteiger charge is -2.18. The summed E-state index contributed by atoms with van der Waals surface area (Å²) in [5, 5.41) is 11.6. The first-order valence-electron chi connectivity index (χ1n) is 6.53. The van der Waals surface area contributed by atoms with Crippen LogP contribution in [0, 0.1) is 5.41 Å². The van der Waals surface area contributed by atoms with Crippen molar-refractivity contribution >= 4 is 11.9 Å². The van der Waals surface area contributed by atoms with Crippen molar-refractivity contribution in [1.29, 1.82) is 0 Å². The van der Waals surface area contributed by atoms with Crippen LogP contribution in [0.4, 0.5) is 0 Å². The van der Waals surface area contributed by atoms with Crippen LogP contribution in [0.25, 0.3) is 0 Å². The third-order valence-corrected chi connectivity index (χ3v) is 3.26. The summed E-state index contributed by atoms with van der Waals surface area (Å²) in [6, 6.07) is 0. The van der Waals surface area contributed by atoms with Gasteiger partial charge in [0.05, 0.1) is 18.1 Å². The molecule has 18 heavy (non-hydrogen) atoms. The van der Waals surface area contributed by atoms with Gasteiger partial charge in [-0.05, 0) is 26.7 Å². The van der Waals surface area contributed by atoms with E-state index >= 15 is 0 Å². The molecule has 0 aromatic rings. The molecule has 104 valence electrons. The Hall–Kier alpha value is -1.10. The Kier molecular flexibility index (Phi) is 5.59. The number of rotatable bonds is 7. The van der Waals surface area contributed by atoms with Crippen LogP contribution >= 0.6 is 0 Å². The van der Waals surface area contributed by atoms with E-state index in [9.17, 15) is 9.59 Å². The highest BCUT2D eigenvalue weighted by Gasteiger charge is 2.29. The smallest absolute Gasteiger partial charge is 0.309 e. The van der Waals surface area contributed by atoms with Crippen molar-refractivity contribution in [2.45, 2.75) is 52.1 Å². The lowest BCUT2D eigenvalue weighted by atomic mass is 9.89. The maximum absolute atomic E-state index is 11.5. The molecule has 0 saturated heterocycles. The second-order valence-electron chi connectivity index (χ2n) is 5.49. The number of nitrogens with one attached hydrogen (secondary N) is 1. The Morgan fingerprint density at radius 2 is 1.94 bits per heavy atom. The number of carboxylic acids is 1. The molecule has 1 amide bonds. The van der Waals surface area contributed by atoms with Crippen molar-refractivity contribution in [3.05, 3.63) is 0 Å². The van der Waals surface area contributed by atoms with Crippen molar-refractivity contribution in [3.63, 3.8) is 0 Å². The lowest BCUT2D eigenvalue weighted by molar-refractivity contribution is -0.149.